The molecule has 1 aliphatic heterocycles. The predicted molar refractivity (Wildman–Crippen MR) is 114 cm³/mol. The summed E-state index contributed by atoms with van der Waals surface area (Å²) in [5, 5.41) is 6.32. The maximum atomic E-state index is 13.6. The molecule has 6 nitrogen and oxygen atoms in total. The van der Waals surface area contributed by atoms with E-state index in [9.17, 15) is 9.18 Å². The first-order valence-corrected chi connectivity index (χ1v) is 9.91. The van der Waals surface area contributed by atoms with Gasteiger partial charge in [0.2, 0.25) is 0 Å². The van der Waals surface area contributed by atoms with Crippen LogP contribution in [0.1, 0.15) is 11.6 Å². The molecule has 2 aromatic carbocycles. The molecule has 29 heavy (non-hydrogen) atoms. The highest BCUT2D eigenvalue weighted by molar-refractivity contribution is 6.31. The Kier molecular flexibility index (Phi) is 7.30. The number of nitrogens with one attached hydrogen (secondary N) is 2. The molecule has 0 spiro atoms. The van der Waals surface area contributed by atoms with Crippen LogP contribution in [0.15, 0.2) is 42.5 Å². The van der Waals surface area contributed by atoms with Crippen molar-refractivity contribution in [3.05, 3.63) is 58.9 Å². The van der Waals surface area contributed by atoms with Gasteiger partial charge in [-0.25, -0.2) is 9.18 Å². The molecule has 2 amide bonds. The van der Waals surface area contributed by atoms with Crippen LogP contribution in [0.4, 0.5) is 20.6 Å². The number of halogens is 2. The summed E-state index contributed by atoms with van der Waals surface area (Å²) in [7, 11) is 3.78. The third-order valence-electron chi connectivity index (χ3n) is 4.87. The van der Waals surface area contributed by atoms with Gasteiger partial charge in [-0.2, -0.15) is 0 Å². The number of hydrogen-bond acceptors (Lipinski definition) is 4. The summed E-state index contributed by atoms with van der Waals surface area (Å²) in [6.07, 6.45) is 0. The summed E-state index contributed by atoms with van der Waals surface area (Å²) < 4.78 is 19.0. The minimum atomic E-state index is -0.343. The van der Waals surface area contributed by atoms with Gasteiger partial charge in [-0.15, -0.1) is 0 Å². The largest absolute Gasteiger partial charge is 0.378 e. The Morgan fingerprint density at radius 2 is 2.00 bits per heavy atom. The van der Waals surface area contributed by atoms with Crippen LogP contribution < -0.4 is 15.5 Å². The second kappa shape index (κ2) is 9.91. The van der Waals surface area contributed by atoms with Crippen LogP contribution >= 0.6 is 11.6 Å². The van der Waals surface area contributed by atoms with Crippen LogP contribution in [0, 0.1) is 5.82 Å². The number of carbonyl (C=O) groups is 1. The Morgan fingerprint density at radius 3 is 2.69 bits per heavy atom. The number of carbonyl (C=O) groups excluding carboxylic acids is 1. The molecule has 156 valence electrons. The standard InChI is InChI=1S/C21H26ClFN4O2/c1-26(2)20(15-4-3-5-17(23)12-15)14-24-21(28)25-18-13-16(22)6-7-19(18)27-8-10-29-11-9-27/h3-7,12-13,20H,8-11,14H2,1-2H3,(H2,24,25,28). The molecule has 0 aromatic heterocycles. The van der Waals surface area contributed by atoms with Crippen molar-refractivity contribution < 1.29 is 13.9 Å². The molecule has 3 rings (SSSR count). The number of amides is 2. The smallest absolute Gasteiger partial charge is 0.319 e. The lowest BCUT2D eigenvalue weighted by atomic mass is 10.1. The van der Waals surface area contributed by atoms with Gasteiger partial charge in [0.05, 0.1) is 30.6 Å². The fourth-order valence-corrected chi connectivity index (χ4v) is 3.53. The molecule has 0 aliphatic carbocycles. The zero-order chi connectivity index (χ0) is 20.8. The van der Waals surface area contributed by atoms with Gasteiger partial charge in [-0.05, 0) is 50.0 Å². The highest BCUT2D eigenvalue weighted by Crippen LogP contribution is 2.30. The van der Waals surface area contributed by atoms with Crippen molar-refractivity contribution in [3.8, 4) is 0 Å². The Bertz CT molecular complexity index is 843. The molecule has 0 saturated carbocycles. The van der Waals surface area contributed by atoms with Gasteiger partial charge in [0.25, 0.3) is 0 Å². The van der Waals surface area contributed by atoms with Crippen LogP contribution in [0.3, 0.4) is 0 Å². The molecule has 0 radical (unpaired) electrons. The molecule has 8 heteroatoms. The summed E-state index contributed by atoms with van der Waals surface area (Å²) in [6, 6.07) is 11.4. The fraction of sp³-hybridized carbons (Fsp3) is 0.381. The van der Waals surface area contributed by atoms with Gasteiger partial charge in [0.1, 0.15) is 5.82 Å². The Balaban J connectivity index is 1.67. The van der Waals surface area contributed by atoms with Crippen LogP contribution in [-0.4, -0.2) is 57.9 Å². The van der Waals surface area contributed by atoms with E-state index in [1.54, 1.807) is 12.1 Å². The number of ether oxygens (including phenoxy) is 1. The van der Waals surface area contributed by atoms with Crippen molar-refractivity contribution in [1.29, 1.82) is 0 Å². The second-order valence-electron chi connectivity index (χ2n) is 7.13. The van der Waals surface area contributed by atoms with E-state index < -0.39 is 0 Å². The van der Waals surface area contributed by atoms with E-state index in [4.69, 9.17) is 16.3 Å². The second-order valence-corrected chi connectivity index (χ2v) is 7.57. The quantitative estimate of drug-likeness (QED) is 0.747. The Labute approximate surface area is 175 Å². The van der Waals surface area contributed by atoms with Crippen LogP contribution in [0.5, 0.6) is 0 Å². The van der Waals surface area contributed by atoms with Crippen molar-refractivity contribution in [2.24, 2.45) is 0 Å². The lowest BCUT2D eigenvalue weighted by Gasteiger charge is -2.30. The summed E-state index contributed by atoms with van der Waals surface area (Å²) in [6.45, 7) is 3.12. The lowest BCUT2D eigenvalue weighted by molar-refractivity contribution is 0.123. The van der Waals surface area contributed by atoms with Crippen molar-refractivity contribution in [3.63, 3.8) is 0 Å². The first-order valence-electron chi connectivity index (χ1n) is 9.53. The van der Waals surface area contributed by atoms with Crippen LogP contribution in [0.2, 0.25) is 5.02 Å². The van der Waals surface area contributed by atoms with E-state index in [1.807, 2.05) is 37.2 Å². The highest BCUT2D eigenvalue weighted by Gasteiger charge is 2.19. The minimum Gasteiger partial charge on any atom is -0.378 e. The lowest BCUT2D eigenvalue weighted by Crippen LogP contribution is -2.38. The maximum absolute atomic E-state index is 13.6. The monoisotopic (exact) mass is 420 g/mol. The topological polar surface area (TPSA) is 56.8 Å². The molecule has 2 N–H and O–H groups in total. The molecule has 1 aliphatic rings. The Morgan fingerprint density at radius 1 is 1.24 bits per heavy atom. The fourth-order valence-electron chi connectivity index (χ4n) is 3.36. The summed E-state index contributed by atoms with van der Waals surface area (Å²) >= 11 is 6.15. The number of hydrogen-bond donors (Lipinski definition) is 2. The summed E-state index contributed by atoms with van der Waals surface area (Å²) in [5.41, 5.74) is 2.35. The molecular weight excluding hydrogens is 395 g/mol. The van der Waals surface area contributed by atoms with Gasteiger partial charge in [-0.3, -0.25) is 0 Å². The molecule has 2 aromatic rings. The van der Waals surface area contributed by atoms with Crippen LogP contribution in [-0.2, 0) is 4.74 Å². The van der Waals surface area contributed by atoms with Gasteiger partial charge in [-0.1, -0.05) is 23.7 Å². The maximum Gasteiger partial charge on any atom is 0.319 e. The van der Waals surface area contributed by atoms with E-state index in [0.29, 0.717) is 30.5 Å². The predicted octanol–water partition coefficient (Wildman–Crippen LogP) is 3.74. The van der Waals surface area contributed by atoms with E-state index in [-0.39, 0.29) is 17.9 Å². The van der Waals surface area contributed by atoms with Gasteiger partial charge in [0.15, 0.2) is 0 Å². The number of benzene rings is 2. The zero-order valence-electron chi connectivity index (χ0n) is 16.6. The average Bonchev–Trinajstić information content (AvgIpc) is 2.69. The molecule has 1 atom stereocenters. The van der Waals surface area contributed by atoms with Gasteiger partial charge >= 0.3 is 6.03 Å². The van der Waals surface area contributed by atoms with Gasteiger partial charge < -0.3 is 25.2 Å². The molecule has 1 unspecified atom stereocenters. The summed E-state index contributed by atoms with van der Waals surface area (Å²) in [4.78, 5) is 16.7. The third-order valence-corrected chi connectivity index (χ3v) is 5.11. The number of anilines is 2. The molecule has 1 saturated heterocycles. The van der Waals surface area contributed by atoms with Crippen LogP contribution in [0.25, 0.3) is 0 Å². The minimum absolute atomic E-state index is 0.158. The number of nitrogens with zero attached hydrogens (tertiary/aromatic N) is 2. The summed E-state index contributed by atoms with van der Waals surface area (Å²) in [5.74, 6) is -0.298. The first-order chi connectivity index (χ1) is 13.9. The van der Waals surface area contributed by atoms with Crippen molar-refractivity contribution in [2.45, 2.75) is 6.04 Å². The number of rotatable bonds is 6. The first kappa shape index (κ1) is 21.4. The highest BCUT2D eigenvalue weighted by atomic mass is 35.5. The van der Waals surface area contributed by atoms with Crippen molar-refractivity contribution in [2.75, 3.05) is 57.2 Å². The average molecular weight is 421 g/mol. The Hall–Kier alpha value is -2.35. The van der Waals surface area contributed by atoms with E-state index in [2.05, 4.69) is 15.5 Å². The van der Waals surface area contributed by atoms with Gasteiger partial charge in [0, 0.05) is 24.7 Å². The normalized spacial score (nSPS) is 15.3. The van der Waals surface area contributed by atoms with E-state index in [0.717, 1.165) is 24.3 Å². The zero-order valence-corrected chi connectivity index (χ0v) is 17.4. The number of urea groups is 1. The van der Waals surface area contributed by atoms with Crippen molar-refractivity contribution in [1.82, 2.24) is 10.2 Å². The molecule has 0 bridgehead atoms. The van der Waals surface area contributed by atoms with E-state index in [1.165, 1.54) is 12.1 Å². The number of morpholine rings is 1. The SMILES string of the molecule is CN(C)C(CNC(=O)Nc1cc(Cl)ccc1N1CCOCC1)c1cccc(F)c1. The number of likely N-dealkylation sites (N-methyl/N-ethyl adjacent to an activating group) is 1. The van der Waals surface area contributed by atoms with Crippen molar-refractivity contribution >= 4 is 29.0 Å². The molecule has 1 heterocycles. The van der Waals surface area contributed by atoms with E-state index >= 15 is 0 Å². The molecular formula is C21H26ClFN4O2. The molecule has 1 fully saturated rings. The third kappa shape index (κ3) is 5.82.